The van der Waals surface area contributed by atoms with Gasteiger partial charge in [-0.15, -0.1) is 5.10 Å². The second-order valence-electron chi connectivity index (χ2n) is 4.17. The van der Waals surface area contributed by atoms with E-state index >= 15 is 0 Å². The summed E-state index contributed by atoms with van der Waals surface area (Å²) in [6.45, 7) is 1.06. The van der Waals surface area contributed by atoms with Crippen LogP contribution in [0.4, 0.5) is 5.69 Å². The highest BCUT2D eigenvalue weighted by molar-refractivity contribution is 5.84. The van der Waals surface area contributed by atoms with E-state index in [9.17, 15) is 4.79 Å². The molecule has 2 rings (SSSR count). The van der Waals surface area contributed by atoms with E-state index in [0.29, 0.717) is 24.6 Å². The van der Waals surface area contributed by atoms with Crippen molar-refractivity contribution in [1.29, 1.82) is 0 Å². The predicted molar refractivity (Wildman–Crippen MR) is 75.0 cm³/mol. The number of ether oxygens (including phenoxy) is 2. The van der Waals surface area contributed by atoms with E-state index in [-0.39, 0.29) is 5.69 Å². The molecule has 2 aromatic rings. The monoisotopic (exact) mass is 292 g/mol. The first kappa shape index (κ1) is 14.6. The lowest BCUT2D eigenvalue weighted by Gasteiger charge is -2.11. The highest BCUT2D eigenvalue weighted by Crippen LogP contribution is 2.29. The van der Waals surface area contributed by atoms with Gasteiger partial charge in [0.15, 0.2) is 17.2 Å². The fraction of sp³-hybridized carbons (Fsp3) is 0.308. The lowest BCUT2D eigenvalue weighted by molar-refractivity contribution is 0.0690. The van der Waals surface area contributed by atoms with Crippen LogP contribution >= 0.6 is 0 Å². The Balaban J connectivity index is 1.92. The fourth-order valence-electron chi connectivity index (χ4n) is 1.77. The third kappa shape index (κ3) is 3.62. The van der Waals surface area contributed by atoms with Gasteiger partial charge in [0.05, 0.1) is 27.0 Å². The zero-order valence-corrected chi connectivity index (χ0v) is 11.7. The Labute approximate surface area is 121 Å². The lowest BCUT2D eigenvalue weighted by Crippen LogP contribution is -2.11. The van der Waals surface area contributed by atoms with Gasteiger partial charge in [0.1, 0.15) is 0 Å². The van der Waals surface area contributed by atoms with Gasteiger partial charge in [-0.05, 0) is 12.1 Å². The van der Waals surface area contributed by atoms with E-state index in [0.717, 1.165) is 5.69 Å². The summed E-state index contributed by atoms with van der Waals surface area (Å²) >= 11 is 0. The molecule has 0 bridgehead atoms. The van der Waals surface area contributed by atoms with Crippen molar-refractivity contribution in [3.63, 3.8) is 0 Å². The topological polar surface area (TPSA) is 98.5 Å². The van der Waals surface area contributed by atoms with Crippen molar-refractivity contribution in [3.8, 4) is 11.5 Å². The average Bonchev–Trinajstić information content (AvgIpc) is 2.96. The first-order chi connectivity index (χ1) is 10.1. The molecule has 0 amide bonds. The first-order valence-electron chi connectivity index (χ1n) is 6.23. The highest BCUT2D eigenvalue weighted by atomic mass is 16.5. The summed E-state index contributed by atoms with van der Waals surface area (Å²) in [4.78, 5) is 10.7. The van der Waals surface area contributed by atoms with Crippen molar-refractivity contribution in [1.82, 2.24) is 15.0 Å². The van der Waals surface area contributed by atoms with Gasteiger partial charge in [-0.3, -0.25) is 0 Å². The number of rotatable bonds is 7. The molecule has 0 fully saturated rings. The molecular weight excluding hydrogens is 276 g/mol. The van der Waals surface area contributed by atoms with E-state index in [1.54, 1.807) is 20.3 Å². The molecule has 0 saturated heterocycles. The zero-order valence-electron chi connectivity index (χ0n) is 11.7. The molecule has 2 N–H and O–H groups in total. The van der Waals surface area contributed by atoms with Gasteiger partial charge in [0.25, 0.3) is 0 Å². The number of aromatic carboxylic acids is 1. The molecule has 0 atom stereocenters. The van der Waals surface area contributed by atoms with E-state index < -0.39 is 5.97 Å². The SMILES string of the molecule is COc1ccc(NCCn2cc(C(=O)O)nn2)cc1OC. The molecule has 0 spiro atoms. The van der Waals surface area contributed by atoms with Crippen LogP contribution in [-0.2, 0) is 6.54 Å². The zero-order chi connectivity index (χ0) is 15.2. The number of hydrogen-bond donors (Lipinski definition) is 2. The summed E-state index contributed by atoms with van der Waals surface area (Å²) < 4.78 is 11.8. The molecule has 1 aromatic carbocycles. The summed E-state index contributed by atoms with van der Waals surface area (Å²) in [7, 11) is 3.15. The molecule has 0 aliphatic heterocycles. The quantitative estimate of drug-likeness (QED) is 0.788. The Kier molecular flexibility index (Phi) is 4.60. The van der Waals surface area contributed by atoms with Gasteiger partial charge in [-0.25, -0.2) is 9.48 Å². The van der Waals surface area contributed by atoms with Gasteiger partial charge in [0.2, 0.25) is 0 Å². The third-order valence-corrected chi connectivity index (χ3v) is 2.81. The summed E-state index contributed by atoms with van der Waals surface area (Å²) in [5.74, 6) is 0.205. The molecule has 112 valence electrons. The molecule has 0 radical (unpaired) electrons. The number of methoxy groups -OCH3 is 2. The van der Waals surface area contributed by atoms with E-state index in [2.05, 4.69) is 15.6 Å². The number of anilines is 1. The molecule has 8 heteroatoms. The van der Waals surface area contributed by atoms with Crippen molar-refractivity contribution in [2.24, 2.45) is 0 Å². The van der Waals surface area contributed by atoms with Gasteiger partial charge in [-0.1, -0.05) is 5.21 Å². The van der Waals surface area contributed by atoms with Gasteiger partial charge in [-0.2, -0.15) is 0 Å². The molecule has 8 nitrogen and oxygen atoms in total. The van der Waals surface area contributed by atoms with Crippen molar-refractivity contribution in [3.05, 3.63) is 30.1 Å². The van der Waals surface area contributed by atoms with Gasteiger partial charge in [0, 0.05) is 18.3 Å². The minimum atomic E-state index is -1.09. The summed E-state index contributed by atoms with van der Waals surface area (Å²) in [6, 6.07) is 5.49. The number of carboxylic acids is 1. The predicted octanol–water partition coefficient (Wildman–Crippen LogP) is 1.11. The third-order valence-electron chi connectivity index (χ3n) is 2.81. The largest absolute Gasteiger partial charge is 0.493 e. The normalized spacial score (nSPS) is 10.2. The van der Waals surface area contributed by atoms with Gasteiger partial charge >= 0.3 is 5.97 Å². The standard InChI is InChI=1S/C13H16N4O4/c1-20-11-4-3-9(7-12(11)21-2)14-5-6-17-8-10(13(18)19)15-16-17/h3-4,7-8,14H,5-6H2,1-2H3,(H,18,19). The van der Waals surface area contributed by atoms with Crippen LogP contribution in [0.1, 0.15) is 10.5 Å². The second-order valence-corrected chi connectivity index (χ2v) is 4.17. The summed E-state index contributed by atoms with van der Waals surface area (Å²) in [5, 5.41) is 19.2. The number of nitrogens with one attached hydrogen (secondary N) is 1. The molecule has 21 heavy (non-hydrogen) atoms. The van der Waals surface area contributed by atoms with Crippen LogP contribution in [0.5, 0.6) is 11.5 Å². The van der Waals surface area contributed by atoms with Crippen LogP contribution in [0.2, 0.25) is 0 Å². The van der Waals surface area contributed by atoms with E-state index in [4.69, 9.17) is 14.6 Å². The highest BCUT2D eigenvalue weighted by Gasteiger charge is 2.08. The van der Waals surface area contributed by atoms with Crippen LogP contribution in [0.15, 0.2) is 24.4 Å². The van der Waals surface area contributed by atoms with Gasteiger partial charge < -0.3 is 19.9 Å². The Hall–Kier alpha value is -2.77. The van der Waals surface area contributed by atoms with E-state index in [1.165, 1.54) is 10.9 Å². The number of carbonyl (C=O) groups is 1. The minimum absolute atomic E-state index is 0.0684. The molecule has 1 heterocycles. The van der Waals surface area contributed by atoms with Crippen LogP contribution in [0, 0.1) is 0 Å². The van der Waals surface area contributed by atoms with E-state index in [1.807, 2.05) is 12.1 Å². The smallest absolute Gasteiger partial charge is 0.358 e. The molecule has 1 aromatic heterocycles. The molecule has 0 aliphatic carbocycles. The number of hydrogen-bond acceptors (Lipinski definition) is 6. The molecule has 0 unspecified atom stereocenters. The minimum Gasteiger partial charge on any atom is -0.493 e. The van der Waals surface area contributed by atoms with Crippen molar-refractivity contribution in [2.45, 2.75) is 6.54 Å². The Bertz CT molecular complexity index is 626. The fourth-order valence-corrected chi connectivity index (χ4v) is 1.77. The average molecular weight is 292 g/mol. The first-order valence-corrected chi connectivity index (χ1v) is 6.23. The number of carboxylic acid groups (broad SMARTS) is 1. The Morgan fingerprint density at radius 2 is 2.10 bits per heavy atom. The van der Waals surface area contributed by atoms with Crippen LogP contribution < -0.4 is 14.8 Å². The van der Waals surface area contributed by atoms with Crippen LogP contribution in [0.3, 0.4) is 0 Å². The maximum atomic E-state index is 10.7. The Morgan fingerprint density at radius 3 is 2.71 bits per heavy atom. The number of aromatic nitrogens is 3. The van der Waals surface area contributed by atoms with Crippen molar-refractivity contribution >= 4 is 11.7 Å². The lowest BCUT2D eigenvalue weighted by atomic mass is 10.2. The Morgan fingerprint density at radius 1 is 1.33 bits per heavy atom. The molecule has 0 aliphatic rings. The number of benzene rings is 1. The maximum Gasteiger partial charge on any atom is 0.358 e. The summed E-state index contributed by atoms with van der Waals surface area (Å²) in [6.07, 6.45) is 1.39. The summed E-state index contributed by atoms with van der Waals surface area (Å²) in [5.41, 5.74) is 0.798. The molecular formula is C13H16N4O4. The van der Waals surface area contributed by atoms with Crippen molar-refractivity contribution < 1.29 is 19.4 Å². The van der Waals surface area contributed by atoms with Crippen LogP contribution in [-0.4, -0.2) is 46.8 Å². The van der Waals surface area contributed by atoms with Crippen molar-refractivity contribution in [2.75, 3.05) is 26.1 Å². The van der Waals surface area contributed by atoms with Crippen LogP contribution in [0.25, 0.3) is 0 Å². The molecule has 0 saturated carbocycles. The number of nitrogens with zero attached hydrogens (tertiary/aromatic N) is 3. The second kappa shape index (κ2) is 6.60. The maximum absolute atomic E-state index is 10.7.